The number of hydrogen-bond acceptors (Lipinski definition) is 3. The summed E-state index contributed by atoms with van der Waals surface area (Å²) in [5, 5.41) is 10.8. The molecule has 0 aliphatic rings. The van der Waals surface area contributed by atoms with Crippen LogP contribution in [0.5, 0.6) is 5.75 Å². The van der Waals surface area contributed by atoms with Crippen molar-refractivity contribution in [1.82, 2.24) is 0 Å². The molecule has 0 saturated heterocycles. The Morgan fingerprint density at radius 2 is 2.12 bits per heavy atom. The van der Waals surface area contributed by atoms with Crippen LogP contribution >= 0.6 is 15.9 Å². The van der Waals surface area contributed by atoms with Gasteiger partial charge in [0.05, 0.1) is 12.0 Å². The van der Waals surface area contributed by atoms with Crippen molar-refractivity contribution in [2.45, 2.75) is 24.6 Å². The highest BCUT2D eigenvalue weighted by Gasteiger charge is 2.19. The first kappa shape index (κ1) is 13.0. The molecule has 0 heterocycles. The van der Waals surface area contributed by atoms with Crippen molar-refractivity contribution in [1.29, 1.82) is 0 Å². The second kappa shape index (κ2) is 4.82. The molecule has 0 fully saturated rings. The number of nitro benzene ring substituents is 1. The molecular weight excluding hydrogens is 274 g/mol. The van der Waals surface area contributed by atoms with Crippen LogP contribution in [0.2, 0.25) is 0 Å². The van der Waals surface area contributed by atoms with Gasteiger partial charge in [-0.15, -0.1) is 0 Å². The van der Waals surface area contributed by atoms with Gasteiger partial charge in [-0.3, -0.25) is 10.1 Å². The number of rotatable bonds is 4. The fourth-order valence-corrected chi connectivity index (χ4v) is 1.80. The van der Waals surface area contributed by atoms with Crippen LogP contribution in [0.3, 0.4) is 0 Å². The van der Waals surface area contributed by atoms with Crippen molar-refractivity contribution in [2.75, 3.05) is 7.11 Å². The quantitative estimate of drug-likeness (QED) is 0.485. The van der Waals surface area contributed by atoms with Crippen LogP contribution < -0.4 is 4.74 Å². The third-order valence-electron chi connectivity index (χ3n) is 2.06. The fraction of sp³-hybridized carbons (Fsp3) is 0.455. The highest BCUT2D eigenvalue weighted by Crippen LogP contribution is 2.30. The minimum atomic E-state index is -0.427. The molecule has 0 radical (unpaired) electrons. The van der Waals surface area contributed by atoms with Crippen LogP contribution in [0, 0.1) is 10.1 Å². The Morgan fingerprint density at radius 3 is 2.56 bits per heavy atom. The smallest absolute Gasteiger partial charge is 0.311 e. The molecule has 0 aromatic heterocycles. The van der Waals surface area contributed by atoms with Gasteiger partial charge in [0.25, 0.3) is 0 Å². The molecule has 1 aromatic carbocycles. The van der Waals surface area contributed by atoms with Gasteiger partial charge in [0.2, 0.25) is 0 Å². The van der Waals surface area contributed by atoms with E-state index in [1.165, 1.54) is 7.11 Å². The largest absolute Gasteiger partial charge is 0.490 e. The van der Waals surface area contributed by atoms with Gasteiger partial charge in [-0.1, -0.05) is 22.0 Å². The number of ether oxygens (including phenoxy) is 1. The van der Waals surface area contributed by atoms with Crippen LogP contribution in [0.1, 0.15) is 19.4 Å². The summed E-state index contributed by atoms with van der Waals surface area (Å²) in [6, 6.07) is 5.03. The number of nitro groups is 1. The van der Waals surface area contributed by atoms with Gasteiger partial charge in [0.15, 0.2) is 5.75 Å². The molecule has 0 unspecified atom stereocenters. The van der Waals surface area contributed by atoms with Crippen LogP contribution in [0.15, 0.2) is 18.2 Å². The molecule has 4 nitrogen and oxygen atoms in total. The van der Waals surface area contributed by atoms with Crippen molar-refractivity contribution >= 4 is 21.6 Å². The van der Waals surface area contributed by atoms with E-state index in [0.717, 1.165) is 12.0 Å². The summed E-state index contributed by atoms with van der Waals surface area (Å²) in [6.07, 6.45) is 0.720. The third kappa shape index (κ3) is 3.48. The van der Waals surface area contributed by atoms with Crippen molar-refractivity contribution < 1.29 is 9.66 Å². The van der Waals surface area contributed by atoms with E-state index in [-0.39, 0.29) is 10.0 Å². The first-order chi connectivity index (χ1) is 7.33. The fourth-order valence-electron chi connectivity index (χ4n) is 1.47. The zero-order valence-electron chi connectivity index (χ0n) is 9.49. The topological polar surface area (TPSA) is 52.4 Å². The second-order valence-electron chi connectivity index (χ2n) is 4.16. The molecule has 0 saturated carbocycles. The Bertz CT molecular complexity index is 399. The van der Waals surface area contributed by atoms with Crippen molar-refractivity contribution in [3.63, 3.8) is 0 Å². The number of methoxy groups -OCH3 is 1. The predicted molar refractivity (Wildman–Crippen MR) is 66.4 cm³/mol. The van der Waals surface area contributed by atoms with E-state index < -0.39 is 4.92 Å². The minimum Gasteiger partial charge on any atom is -0.490 e. The Labute approximate surface area is 103 Å². The van der Waals surface area contributed by atoms with Crippen LogP contribution in [-0.2, 0) is 6.42 Å². The van der Waals surface area contributed by atoms with Gasteiger partial charge < -0.3 is 4.74 Å². The predicted octanol–water partition coefficient (Wildman–Crippen LogP) is 3.32. The molecule has 1 rings (SSSR count). The zero-order chi connectivity index (χ0) is 12.3. The Morgan fingerprint density at radius 1 is 1.50 bits per heavy atom. The summed E-state index contributed by atoms with van der Waals surface area (Å²) < 4.78 is 4.86. The summed E-state index contributed by atoms with van der Waals surface area (Å²) in [5.41, 5.74) is 0.922. The van der Waals surface area contributed by atoms with Crippen LogP contribution in [0.25, 0.3) is 0 Å². The van der Waals surface area contributed by atoms with Crippen molar-refractivity contribution in [3.8, 4) is 5.75 Å². The highest BCUT2D eigenvalue weighted by atomic mass is 79.9. The maximum Gasteiger partial charge on any atom is 0.311 e. The van der Waals surface area contributed by atoms with E-state index in [9.17, 15) is 10.1 Å². The molecule has 0 bridgehead atoms. The standard InChI is InChI=1S/C11H14BrNO3/c1-11(2,12)7-8-4-5-10(16-3)9(6-8)13(14)15/h4-6H,7H2,1-3H3. The Balaban J connectivity index is 3.07. The van der Waals surface area contributed by atoms with Crippen LogP contribution in [0.4, 0.5) is 5.69 Å². The SMILES string of the molecule is COc1ccc(CC(C)(C)Br)cc1[N+](=O)[O-]. The lowest BCUT2D eigenvalue weighted by Crippen LogP contribution is -2.13. The van der Waals surface area contributed by atoms with Crippen molar-refractivity contribution in [3.05, 3.63) is 33.9 Å². The van der Waals surface area contributed by atoms with Gasteiger partial charge >= 0.3 is 5.69 Å². The first-order valence-corrected chi connectivity index (χ1v) is 5.63. The van der Waals surface area contributed by atoms with E-state index >= 15 is 0 Å². The average molecular weight is 288 g/mol. The molecule has 0 N–H and O–H groups in total. The van der Waals surface area contributed by atoms with Gasteiger partial charge in [-0.25, -0.2) is 0 Å². The number of benzene rings is 1. The number of nitrogens with zero attached hydrogens (tertiary/aromatic N) is 1. The van der Waals surface area contributed by atoms with E-state index in [0.29, 0.717) is 5.75 Å². The van der Waals surface area contributed by atoms with E-state index in [1.54, 1.807) is 12.1 Å². The maximum atomic E-state index is 10.8. The molecule has 0 aliphatic carbocycles. The van der Waals surface area contributed by atoms with E-state index in [2.05, 4.69) is 15.9 Å². The number of halogens is 1. The molecular formula is C11H14BrNO3. The maximum absolute atomic E-state index is 10.8. The minimum absolute atomic E-state index is 0.0109. The summed E-state index contributed by atoms with van der Waals surface area (Å²) in [7, 11) is 1.43. The number of hydrogen-bond donors (Lipinski definition) is 0. The lowest BCUT2D eigenvalue weighted by atomic mass is 10.0. The third-order valence-corrected chi connectivity index (χ3v) is 2.34. The van der Waals surface area contributed by atoms with E-state index in [4.69, 9.17) is 4.74 Å². The molecule has 5 heteroatoms. The molecule has 1 aromatic rings. The first-order valence-electron chi connectivity index (χ1n) is 4.84. The lowest BCUT2D eigenvalue weighted by Gasteiger charge is -2.16. The summed E-state index contributed by atoms with van der Waals surface area (Å²) in [6.45, 7) is 4.03. The normalized spacial score (nSPS) is 11.2. The molecule has 0 spiro atoms. The zero-order valence-corrected chi connectivity index (χ0v) is 11.1. The van der Waals surface area contributed by atoms with Gasteiger partial charge in [0, 0.05) is 10.4 Å². The molecule has 88 valence electrons. The Kier molecular flexibility index (Phi) is 3.91. The summed E-state index contributed by atoms with van der Waals surface area (Å²) in [5.74, 6) is 0.293. The second-order valence-corrected chi connectivity index (χ2v) is 6.31. The molecule has 16 heavy (non-hydrogen) atoms. The highest BCUT2D eigenvalue weighted by molar-refractivity contribution is 9.10. The monoisotopic (exact) mass is 287 g/mol. The number of alkyl halides is 1. The lowest BCUT2D eigenvalue weighted by molar-refractivity contribution is -0.385. The molecule has 0 amide bonds. The summed E-state index contributed by atoms with van der Waals surface area (Å²) >= 11 is 3.51. The average Bonchev–Trinajstić information content (AvgIpc) is 2.15. The van der Waals surface area contributed by atoms with Crippen molar-refractivity contribution in [2.24, 2.45) is 0 Å². The van der Waals surface area contributed by atoms with Gasteiger partial charge in [0.1, 0.15) is 0 Å². The molecule has 0 atom stereocenters. The molecule has 0 aliphatic heterocycles. The van der Waals surface area contributed by atoms with E-state index in [1.807, 2.05) is 19.9 Å². The summed E-state index contributed by atoms with van der Waals surface area (Å²) in [4.78, 5) is 10.4. The Hall–Kier alpha value is -1.10. The van der Waals surface area contributed by atoms with Gasteiger partial charge in [-0.2, -0.15) is 0 Å². The van der Waals surface area contributed by atoms with Crippen LogP contribution in [-0.4, -0.2) is 16.4 Å². The van der Waals surface area contributed by atoms with Gasteiger partial charge in [-0.05, 0) is 31.9 Å².